The maximum atomic E-state index is 13.4. The molecule has 150 valence electrons. The van der Waals surface area contributed by atoms with Crippen LogP contribution in [0.4, 0.5) is 9.18 Å². The van der Waals surface area contributed by atoms with E-state index in [9.17, 15) is 14.0 Å². The zero-order chi connectivity index (χ0) is 20.0. The Bertz CT molecular complexity index is 678. The predicted octanol–water partition coefficient (Wildman–Crippen LogP) is 3.76. The van der Waals surface area contributed by atoms with E-state index in [-0.39, 0.29) is 35.4 Å². The van der Waals surface area contributed by atoms with E-state index >= 15 is 0 Å². The smallest absolute Gasteiger partial charge is 0.410 e. The minimum absolute atomic E-state index is 0.000186. The number of likely N-dealkylation sites (tertiary alicyclic amines) is 1. The highest BCUT2D eigenvalue weighted by atomic mass is 35.5. The normalized spacial score (nSPS) is 17.8. The summed E-state index contributed by atoms with van der Waals surface area (Å²) in [5, 5.41) is 2.90. The summed E-state index contributed by atoms with van der Waals surface area (Å²) in [7, 11) is 0. The fourth-order valence-electron chi connectivity index (χ4n) is 2.73. The van der Waals surface area contributed by atoms with E-state index in [0.717, 1.165) is 18.9 Å². The van der Waals surface area contributed by atoms with Crippen molar-refractivity contribution in [2.75, 3.05) is 19.7 Å². The SMILES string of the molecule is CC(C)(C)OC(=O)N1CCCC(NC(=O)COc2ccc(Cl)c(F)c2)CC1. The standard InChI is InChI=1S/C19H26ClFN2O4/c1-19(2,3)27-18(25)23-9-4-5-13(8-10-23)22-17(24)12-26-14-6-7-15(20)16(21)11-14/h6-7,11,13H,4-5,8-10,12H2,1-3H3,(H,22,24). The number of amides is 2. The van der Waals surface area contributed by atoms with Gasteiger partial charge in [-0.2, -0.15) is 0 Å². The first-order valence-electron chi connectivity index (χ1n) is 8.99. The number of nitrogens with one attached hydrogen (secondary N) is 1. The lowest BCUT2D eigenvalue weighted by molar-refractivity contribution is -0.123. The number of carbonyl (C=O) groups excluding carboxylic acids is 2. The van der Waals surface area contributed by atoms with Gasteiger partial charge in [-0.15, -0.1) is 0 Å². The van der Waals surface area contributed by atoms with E-state index in [0.29, 0.717) is 19.5 Å². The number of carbonyl (C=O) groups is 2. The molecule has 1 aromatic rings. The molecule has 1 aliphatic rings. The molecule has 0 aliphatic carbocycles. The van der Waals surface area contributed by atoms with E-state index < -0.39 is 11.4 Å². The third-order valence-electron chi connectivity index (χ3n) is 4.01. The van der Waals surface area contributed by atoms with Crippen LogP contribution in [0, 0.1) is 5.82 Å². The summed E-state index contributed by atoms with van der Waals surface area (Å²) < 4.78 is 24.1. The maximum absolute atomic E-state index is 13.4. The van der Waals surface area contributed by atoms with Gasteiger partial charge >= 0.3 is 6.09 Å². The number of hydrogen-bond acceptors (Lipinski definition) is 4. The van der Waals surface area contributed by atoms with Gasteiger partial charge < -0.3 is 19.7 Å². The quantitative estimate of drug-likeness (QED) is 0.835. The van der Waals surface area contributed by atoms with Crippen molar-refractivity contribution < 1.29 is 23.5 Å². The summed E-state index contributed by atoms with van der Waals surface area (Å²) in [6.45, 7) is 6.40. The van der Waals surface area contributed by atoms with Crippen molar-refractivity contribution in [3.63, 3.8) is 0 Å². The van der Waals surface area contributed by atoms with Crippen molar-refractivity contribution >= 4 is 23.6 Å². The second-order valence-electron chi connectivity index (χ2n) is 7.53. The average molecular weight is 401 g/mol. The fraction of sp³-hybridized carbons (Fsp3) is 0.579. The van der Waals surface area contributed by atoms with Crippen LogP contribution in [0.3, 0.4) is 0 Å². The van der Waals surface area contributed by atoms with Crippen LogP contribution < -0.4 is 10.1 Å². The molecule has 2 rings (SSSR count). The Labute approximate surface area is 163 Å². The highest BCUT2D eigenvalue weighted by Gasteiger charge is 2.25. The second-order valence-corrected chi connectivity index (χ2v) is 7.93. The molecule has 8 heteroatoms. The lowest BCUT2D eigenvalue weighted by atomic mass is 10.1. The van der Waals surface area contributed by atoms with Gasteiger partial charge in [0, 0.05) is 25.2 Å². The highest BCUT2D eigenvalue weighted by molar-refractivity contribution is 6.30. The van der Waals surface area contributed by atoms with Crippen LogP contribution in [0.25, 0.3) is 0 Å². The molecule has 0 aromatic heterocycles. The Morgan fingerprint density at radius 3 is 2.70 bits per heavy atom. The number of benzene rings is 1. The topological polar surface area (TPSA) is 67.9 Å². The lowest BCUT2D eigenvalue weighted by Crippen LogP contribution is -2.40. The molecule has 0 spiro atoms. The van der Waals surface area contributed by atoms with Crippen LogP contribution >= 0.6 is 11.6 Å². The minimum atomic E-state index is -0.597. The van der Waals surface area contributed by atoms with Gasteiger partial charge in [-0.1, -0.05) is 11.6 Å². The van der Waals surface area contributed by atoms with E-state index in [4.69, 9.17) is 21.1 Å². The predicted molar refractivity (Wildman–Crippen MR) is 100 cm³/mol. The number of nitrogens with zero attached hydrogens (tertiary/aromatic N) is 1. The Balaban J connectivity index is 1.77. The first-order chi connectivity index (χ1) is 12.6. The van der Waals surface area contributed by atoms with Crippen LogP contribution in [-0.4, -0.2) is 48.2 Å². The summed E-state index contributed by atoms with van der Waals surface area (Å²) >= 11 is 5.61. The van der Waals surface area contributed by atoms with Crippen LogP contribution in [0.5, 0.6) is 5.75 Å². The van der Waals surface area contributed by atoms with Gasteiger partial charge in [0.15, 0.2) is 6.61 Å². The first kappa shape index (κ1) is 21.3. The average Bonchev–Trinajstić information content (AvgIpc) is 2.80. The number of ether oxygens (including phenoxy) is 2. The maximum Gasteiger partial charge on any atom is 0.410 e. The molecule has 2 amide bonds. The monoisotopic (exact) mass is 400 g/mol. The molecule has 0 radical (unpaired) electrons. The number of halogens is 2. The third kappa shape index (κ3) is 7.25. The summed E-state index contributed by atoms with van der Waals surface area (Å²) in [5.74, 6) is -0.648. The van der Waals surface area contributed by atoms with Crippen LogP contribution in [-0.2, 0) is 9.53 Å². The molecule has 1 N–H and O–H groups in total. The number of rotatable bonds is 4. The molecule has 27 heavy (non-hydrogen) atoms. The largest absolute Gasteiger partial charge is 0.484 e. The summed E-state index contributed by atoms with van der Waals surface area (Å²) in [5.41, 5.74) is -0.532. The Kier molecular flexibility index (Phi) is 7.30. The van der Waals surface area contributed by atoms with Crippen molar-refractivity contribution in [1.29, 1.82) is 0 Å². The van der Waals surface area contributed by atoms with Gasteiger partial charge in [0.05, 0.1) is 5.02 Å². The highest BCUT2D eigenvalue weighted by Crippen LogP contribution is 2.20. The molecule has 1 atom stereocenters. The van der Waals surface area contributed by atoms with Gasteiger partial charge in [-0.05, 0) is 52.2 Å². The Hall–Kier alpha value is -2.02. The molecule has 6 nitrogen and oxygen atoms in total. The zero-order valence-corrected chi connectivity index (χ0v) is 16.6. The Morgan fingerprint density at radius 1 is 1.30 bits per heavy atom. The van der Waals surface area contributed by atoms with Crippen molar-refractivity contribution in [1.82, 2.24) is 10.2 Å². The van der Waals surface area contributed by atoms with Crippen LogP contribution in [0.2, 0.25) is 5.02 Å². The molecular formula is C19H26ClFN2O4. The van der Waals surface area contributed by atoms with Gasteiger partial charge in [0.2, 0.25) is 0 Å². The van der Waals surface area contributed by atoms with Crippen LogP contribution in [0.1, 0.15) is 40.0 Å². The van der Waals surface area contributed by atoms with E-state index in [1.165, 1.54) is 12.1 Å². The zero-order valence-electron chi connectivity index (χ0n) is 15.9. The third-order valence-corrected chi connectivity index (χ3v) is 4.31. The van der Waals surface area contributed by atoms with Crippen LogP contribution in [0.15, 0.2) is 18.2 Å². The molecule has 1 heterocycles. The van der Waals surface area contributed by atoms with Crippen molar-refractivity contribution in [3.05, 3.63) is 29.0 Å². The van der Waals surface area contributed by atoms with E-state index in [1.807, 2.05) is 20.8 Å². The second kappa shape index (κ2) is 9.26. The van der Waals surface area contributed by atoms with Gasteiger partial charge in [0.25, 0.3) is 5.91 Å². The van der Waals surface area contributed by atoms with E-state index in [1.54, 1.807) is 4.90 Å². The molecule has 1 fully saturated rings. The first-order valence-corrected chi connectivity index (χ1v) is 9.37. The Morgan fingerprint density at radius 2 is 2.04 bits per heavy atom. The van der Waals surface area contributed by atoms with Gasteiger partial charge in [0.1, 0.15) is 17.2 Å². The summed E-state index contributed by atoms with van der Waals surface area (Å²) in [6, 6.07) is 3.97. The summed E-state index contributed by atoms with van der Waals surface area (Å²) in [6.07, 6.45) is 1.84. The molecule has 1 aliphatic heterocycles. The molecule has 1 aromatic carbocycles. The molecule has 1 saturated heterocycles. The lowest BCUT2D eigenvalue weighted by Gasteiger charge is -2.26. The fourth-order valence-corrected chi connectivity index (χ4v) is 2.85. The van der Waals surface area contributed by atoms with E-state index in [2.05, 4.69) is 5.32 Å². The van der Waals surface area contributed by atoms with Gasteiger partial charge in [-0.3, -0.25) is 4.79 Å². The van der Waals surface area contributed by atoms with Crippen molar-refractivity contribution in [3.8, 4) is 5.75 Å². The van der Waals surface area contributed by atoms with Gasteiger partial charge in [-0.25, -0.2) is 9.18 Å². The summed E-state index contributed by atoms with van der Waals surface area (Å²) in [4.78, 5) is 25.9. The van der Waals surface area contributed by atoms with Crippen molar-refractivity contribution in [2.24, 2.45) is 0 Å². The molecule has 0 bridgehead atoms. The minimum Gasteiger partial charge on any atom is -0.484 e. The molecular weight excluding hydrogens is 375 g/mol. The molecule has 1 unspecified atom stereocenters. The number of hydrogen-bond donors (Lipinski definition) is 1. The molecule has 0 saturated carbocycles. The van der Waals surface area contributed by atoms with Crippen molar-refractivity contribution in [2.45, 2.75) is 51.7 Å².